The van der Waals surface area contributed by atoms with E-state index in [1.165, 1.54) is 14.2 Å². The minimum atomic E-state index is -0.468. The van der Waals surface area contributed by atoms with Gasteiger partial charge in [0.25, 0.3) is 0 Å². The molecule has 5 nitrogen and oxygen atoms in total. The zero-order valence-corrected chi connectivity index (χ0v) is 17.1. The van der Waals surface area contributed by atoms with Gasteiger partial charge in [0.2, 0.25) is 0 Å². The maximum absolute atomic E-state index is 12.5. The first-order valence-electron chi connectivity index (χ1n) is 10.2. The largest absolute Gasteiger partial charge is 0.469 e. The lowest BCUT2D eigenvalue weighted by Crippen LogP contribution is -2.54. The molecule has 0 heterocycles. The van der Waals surface area contributed by atoms with Crippen LogP contribution in [0.3, 0.4) is 0 Å². The molecule has 3 rings (SSSR count). The van der Waals surface area contributed by atoms with Crippen molar-refractivity contribution >= 4 is 11.9 Å². The van der Waals surface area contributed by atoms with Crippen molar-refractivity contribution in [2.45, 2.75) is 58.8 Å². The zero-order valence-electron chi connectivity index (χ0n) is 17.1. The van der Waals surface area contributed by atoms with E-state index in [1.54, 1.807) is 0 Å². The maximum atomic E-state index is 12.5. The summed E-state index contributed by atoms with van der Waals surface area (Å²) in [7, 11) is 2.91. The van der Waals surface area contributed by atoms with Crippen molar-refractivity contribution in [1.29, 1.82) is 0 Å². The monoisotopic (exact) mass is 378 g/mol. The molecule has 0 aromatic rings. The van der Waals surface area contributed by atoms with E-state index in [-0.39, 0.29) is 35.3 Å². The molecule has 0 aliphatic heterocycles. The Morgan fingerprint density at radius 2 is 1.93 bits per heavy atom. The third-order valence-electron chi connectivity index (χ3n) is 8.18. The Morgan fingerprint density at radius 3 is 2.56 bits per heavy atom. The van der Waals surface area contributed by atoms with E-state index < -0.39 is 5.41 Å². The minimum Gasteiger partial charge on any atom is -0.469 e. The third kappa shape index (κ3) is 3.12. The van der Waals surface area contributed by atoms with Gasteiger partial charge in [-0.1, -0.05) is 26.0 Å². The highest BCUT2D eigenvalue weighted by Crippen LogP contribution is 2.69. The van der Waals surface area contributed by atoms with Crippen LogP contribution >= 0.6 is 0 Å². The number of rotatable bonds is 6. The van der Waals surface area contributed by atoms with Crippen molar-refractivity contribution in [2.24, 2.45) is 34.0 Å². The van der Waals surface area contributed by atoms with E-state index in [1.807, 2.05) is 0 Å². The molecule has 2 saturated carbocycles. The summed E-state index contributed by atoms with van der Waals surface area (Å²) in [4.78, 5) is 24.4. The SMILES string of the molecule is COC(=O)CC[C@]1(C)[C@@H]([C@H](C)CO)CC[C@@]23C=C[C@@](C(=O)OC)(CC[C@H]21)C3. The van der Waals surface area contributed by atoms with Crippen LogP contribution in [0.4, 0.5) is 0 Å². The van der Waals surface area contributed by atoms with Gasteiger partial charge in [0.15, 0.2) is 0 Å². The topological polar surface area (TPSA) is 72.8 Å². The second-order valence-corrected chi connectivity index (χ2v) is 9.37. The molecule has 3 aliphatic carbocycles. The van der Waals surface area contributed by atoms with Crippen LogP contribution in [0.1, 0.15) is 58.8 Å². The fraction of sp³-hybridized carbons (Fsp3) is 0.818. The number of carbonyl (C=O) groups is 2. The van der Waals surface area contributed by atoms with Crippen LogP contribution in [0.5, 0.6) is 0 Å². The summed E-state index contributed by atoms with van der Waals surface area (Å²) < 4.78 is 10.0. The molecule has 152 valence electrons. The molecule has 5 heteroatoms. The number of ether oxygens (including phenoxy) is 2. The van der Waals surface area contributed by atoms with Crippen molar-refractivity contribution in [3.8, 4) is 0 Å². The molecular weight excluding hydrogens is 344 g/mol. The molecule has 0 saturated heterocycles. The number of fused-ring (bicyclic) bond motifs is 1. The highest BCUT2D eigenvalue weighted by atomic mass is 16.5. The van der Waals surface area contributed by atoms with Crippen LogP contribution in [-0.4, -0.2) is 37.9 Å². The first-order valence-corrected chi connectivity index (χ1v) is 10.2. The Bertz CT molecular complexity index is 628. The Kier molecular flexibility index (Phi) is 5.46. The predicted octanol–water partition coefficient (Wildman–Crippen LogP) is 3.50. The molecule has 0 aromatic heterocycles. The molecule has 2 bridgehead atoms. The fourth-order valence-corrected chi connectivity index (χ4v) is 6.82. The van der Waals surface area contributed by atoms with Crippen molar-refractivity contribution in [2.75, 3.05) is 20.8 Å². The molecule has 0 unspecified atom stereocenters. The summed E-state index contributed by atoms with van der Waals surface area (Å²) in [5, 5.41) is 9.85. The summed E-state index contributed by atoms with van der Waals surface area (Å²) in [5.74, 6) is 0.674. The number of carbonyl (C=O) groups excluding carboxylic acids is 2. The van der Waals surface area contributed by atoms with Gasteiger partial charge in [-0.25, -0.2) is 0 Å². The molecule has 27 heavy (non-hydrogen) atoms. The number of esters is 2. The smallest absolute Gasteiger partial charge is 0.315 e. The van der Waals surface area contributed by atoms with Gasteiger partial charge in [-0.15, -0.1) is 0 Å². The lowest BCUT2D eigenvalue weighted by atomic mass is 9.44. The lowest BCUT2D eigenvalue weighted by molar-refractivity contribution is -0.160. The van der Waals surface area contributed by atoms with E-state index in [0.717, 1.165) is 38.5 Å². The average molecular weight is 379 g/mol. The van der Waals surface area contributed by atoms with Crippen molar-refractivity contribution in [3.63, 3.8) is 0 Å². The number of aliphatic hydroxyl groups is 1. The van der Waals surface area contributed by atoms with E-state index in [9.17, 15) is 14.7 Å². The van der Waals surface area contributed by atoms with Gasteiger partial charge in [-0.05, 0) is 67.1 Å². The van der Waals surface area contributed by atoms with E-state index in [2.05, 4.69) is 26.0 Å². The minimum absolute atomic E-state index is 0.00296. The van der Waals surface area contributed by atoms with Crippen LogP contribution in [0.2, 0.25) is 0 Å². The number of methoxy groups -OCH3 is 2. The Balaban J connectivity index is 1.93. The number of hydrogen-bond acceptors (Lipinski definition) is 5. The summed E-state index contributed by atoms with van der Waals surface area (Å²) in [6.45, 7) is 4.58. The van der Waals surface area contributed by atoms with Crippen molar-refractivity contribution in [1.82, 2.24) is 0 Å². The Labute approximate surface area is 162 Å². The van der Waals surface area contributed by atoms with Crippen molar-refractivity contribution < 1.29 is 24.2 Å². The van der Waals surface area contributed by atoms with Crippen LogP contribution in [0, 0.1) is 34.0 Å². The third-order valence-corrected chi connectivity index (χ3v) is 8.18. The van der Waals surface area contributed by atoms with Gasteiger partial charge in [-0.3, -0.25) is 9.59 Å². The molecule has 1 N–H and O–H groups in total. The predicted molar refractivity (Wildman–Crippen MR) is 102 cm³/mol. The molecule has 0 aromatic carbocycles. The van der Waals surface area contributed by atoms with E-state index in [4.69, 9.17) is 9.47 Å². The molecule has 0 radical (unpaired) electrons. The highest BCUT2D eigenvalue weighted by molar-refractivity contribution is 5.80. The fourth-order valence-electron chi connectivity index (χ4n) is 6.82. The quantitative estimate of drug-likeness (QED) is 0.566. The molecular formula is C22H34O5. The van der Waals surface area contributed by atoms with Gasteiger partial charge in [-0.2, -0.15) is 0 Å². The molecule has 2 fully saturated rings. The van der Waals surface area contributed by atoms with Gasteiger partial charge in [0.05, 0.1) is 19.6 Å². The lowest BCUT2D eigenvalue weighted by Gasteiger charge is -2.60. The van der Waals surface area contributed by atoms with Gasteiger partial charge < -0.3 is 14.6 Å². The van der Waals surface area contributed by atoms with Crippen LogP contribution < -0.4 is 0 Å². The van der Waals surface area contributed by atoms with Gasteiger partial charge in [0, 0.05) is 13.0 Å². The second-order valence-electron chi connectivity index (χ2n) is 9.37. The molecule has 1 spiro atoms. The number of aliphatic hydroxyl groups excluding tert-OH is 1. The highest BCUT2D eigenvalue weighted by Gasteiger charge is 2.63. The Morgan fingerprint density at radius 1 is 1.19 bits per heavy atom. The zero-order chi connectivity index (χ0) is 19.9. The average Bonchev–Trinajstić information content (AvgIpc) is 2.97. The summed E-state index contributed by atoms with van der Waals surface area (Å²) in [6.07, 6.45) is 10.2. The van der Waals surface area contributed by atoms with Crippen LogP contribution in [0.25, 0.3) is 0 Å². The maximum Gasteiger partial charge on any atom is 0.315 e. The molecule has 3 aliphatic rings. The normalized spacial score (nSPS) is 40.9. The van der Waals surface area contributed by atoms with Gasteiger partial charge in [0.1, 0.15) is 0 Å². The van der Waals surface area contributed by atoms with Crippen LogP contribution in [-0.2, 0) is 19.1 Å². The summed E-state index contributed by atoms with van der Waals surface area (Å²) >= 11 is 0. The van der Waals surface area contributed by atoms with E-state index in [0.29, 0.717) is 18.3 Å². The van der Waals surface area contributed by atoms with Crippen molar-refractivity contribution in [3.05, 3.63) is 12.2 Å². The molecule has 6 atom stereocenters. The van der Waals surface area contributed by atoms with E-state index >= 15 is 0 Å². The number of hydrogen-bond donors (Lipinski definition) is 1. The standard InChI is InChI=1S/C22H34O5/c1-15(13-23)16-5-9-21-11-12-22(14-21,19(25)27-4)10-6-17(21)20(16,2)8-7-18(24)26-3/h11-12,15-17,23H,5-10,13-14H2,1-4H3/t15-,16-,17+,20-,21+,22+/m1/s1. The number of allylic oxidation sites excluding steroid dienone is 1. The first-order chi connectivity index (χ1) is 12.8. The van der Waals surface area contributed by atoms with Crippen LogP contribution in [0.15, 0.2) is 12.2 Å². The Hall–Kier alpha value is -1.36. The summed E-state index contributed by atoms with van der Waals surface area (Å²) in [5.41, 5.74) is -0.529. The molecule has 0 amide bonds. The second kappa shape index (κ2) is 7.23. The summed E-state index contributed by atoms with van der Waals surface area (Å²) in [6, 6.07) is 0. The first kappa shape index (κ1) is 20.4. The van der Waals surface area contributed by atoms with Gasteiger partial charge >= 0.3 is 11.9 Å².